The summed E-state index contributed by atoms with van der Waals surface area (Å²) in [5.41, 5.74) is 6.34. The van der Waals surface area contributed by atoms with E-state index in [2.05, 4.69) is 14.9 Å². The minimum absolute atomic E-state index is 0.0137. The van der Waals surface area contributed by atoms with E-state index in [1.807, 2.05) is 81.4 Å². The van der Waals surface area contributed by atoms with Gasteiger partial charge in [-0.3, -0.25) is 4.79 Å². The van der Waals surface area contributed by atoms with Crippen molar-refractivity contribution in [2.45, 2.75) is 57.5 Å². The monoisotopic (exact) mass is 572 g/mol. The first-order valence-corrected chi connectivity index (χ1v) is 15.7. The van der Waals surface area contributed by atoms with Crippen molar-refractivity contribution in [2.24, 2.45) is 11.7 Å². The molecule has 0 bridgehead atoms. The van der Waals surface area contributed by atoms with E-state index < -0.39 is 33.0 Å². The highest BCUT2D eigenvalue weighted by Crippen LogP contribution is 2.43. The second-order valence-electron chi connectivity index (χ2n) is 11.4. The summed E-state index contributed by atoms with van der Waals surface area (Å²) in [4.78, 5) is 27.0. The smallest absolute Gasteiger partial charge is 0.407 e. The van der Waals surface area contributed by atoms with Gasteiger partial charge in [-0.2, -0.15) is 0 Å². The quantitative estimate of drug-likeness (QED) is 0.298. The molecule has 1 heterocycles. The zero-order valence-electron chi connectivity index (χ0n) is 23.9. The van der Waals surface area contributed by atoms with Crippen LogP contribution in [0.25, 0.3) is 0 Å². The van der Waals surface area contributed by atoms with E-state index in [-0.39, 0.29) is 11.7 Å². The van der Waals surface area contributed by atoms with Crippen LogP contribution in [0.4, 0.5) is 4.79 Å². The SMILES string of the molecule is CC(C)(C)OC(=O)NCCCCCNS(=O)(=O)CCN1CC[C@@H](C(C(N)=O)(c2ccccc2)c2ccccc2)C1. The summed E-state index contributed by atoms with van der Waals surface area (Å²) in [6, 6.07) is 19.3. The normalized spacial score (nSPS) is 16.5. The first kappa shape index (κ1) is 31.6. The third-order valence-electron chi connectivity index (χ3n) is 7.25. The van der Waals surface area contributed by atoms with Crippen molar-refractivity contribution in [3.05, 3.63) is 71.8 Å². The molecule has 2 aromatic carbocycles. The van der Waals surface area contributed by atoms with Crippen LogP contribution in [0.2, 0.25) is 0 Å². The average molecular weight is 573 g/mol. The number of nitrogens with two attached hydrogens (primary N) is 1. The molecule has 0 radical (unpaired) electrons. The van der Waals surface area contributed by atoms with Gasteiger partial charge in [-0.25, -0.2) is 17.9 Å². The number of ether oxygens (including phenoxy) is 1. The number of hydrogen-bond donors (Lipinski definition) is 3. The highest BCUT2D eigenvalue weighted by Gasteiger charge is 2.49. The van der Waals surface area contributed by atoms with Crippen LogP contribution in [0.15, 0.2) is 60.7 Å². The number of rotatable bonds is 14. The molecule has 0 spiro atoms. The molecule has 1 fully saturated rings. The lowest BCUT2D eigenvalue weighted by molar-refractivity contribution is -0.123. The Balaban J connectivity index is 1.49. The minimum atomic E-state index is -3.44. The zero-order chi connectivity index (χ0) is 29.2. The number of benzene rings is 2. The van der Waals surface area contributed by atoms with Crippen molar-refractivity contribution in [1.82, 2.24) is 14.9 Å². The number of primary amides is 1. The number of unbranched alkanes of at least 4 members (excludes halogenated alkanes) is 2. The molecule has 1 aliphatic rings. The molecule has 4 N–H and O–H groups in total. The molecule has 220 valence electrons. The van der Waals surface area contributed by atoms with E-state index in [1.54, 1.807) is 0 Å². The summed E-state index contributed by atoms with van der Waals surface area (Å²) in [5.74, 6) is -0.493. The third-order valence-corrected chi connectivity index (χ3v) is 8.62. The maximum atomic E-state index is 13.2. The Bertz CT molecular complexity index is 1160. The number of nitrogens with zero attached hydrogens (tertiary/aromatic N) is 1. The maximum Gasteiger partial charge on any atom is 0.407 e. The highest BCUT2D eigenvalue weighted by molar-refractivity contribution is 7.89. The predicted octanol–water partition coefficient (Wildman–Crippen LogP) is 3.39. The van der Waals surface area contributed by atoms with Crippen LogP contribution in [0.5, 0.6) is 0 Å². The number of hydrogen-bond acceptors (Lipinski definition) is 6. The van der Waals surface area contributed by atoms with Crippen LogP contribution in [0, 0.1) is 5.92 Å². The van der Waals surface area contributed by atoms with Crippen LogP contribution >= 0.6 is 0 Å². The molecule has 9 nitrogen and oxygen atoms in total. The van der Waals surface area contributed by atoms with Gasteiger partial charge in [0.05, 0.1) is 5.75 Å². The second kappa shape index (κ2) is 14.1. The Morgan fingerprint density at radius 1 is 0.950 bits per heavy atom. The van der Waals surface area contributed by atoms with Crippen LogP contribution in [0.1, 0.15) is 57.6 Å². The van der Waals surface area contributed by atoms with Crippen molar-refractivity contribution in [2.75, 3.05) is 38.5 Å². The summed E-state index contributed by atoms with van der Waals surface area (Å²) >= 11 is 0. The molecule has 0 unspecified atom stereocenters. The molecule has 40 heavy (non-hydrogen) atoms. The summed E-state index contributed by atoms with van der Waals surface area (Å²) in [5, 5.41) is 2.71. The van der Waals surface area contributed by atoms with Gasteiger partial charge in [0.25, 0.3) is 0 Å². The maximum absolute atomic E-state index is 13.2. The summed E-state index contributed by atoms with van der Waals surface area (Å²) in [6.45, 7) is 7.91. The lowest BCUT2D eigenvalue weighted by Crippen LogP contribution is -2.49. The standard InChI is InChI=1S/C30H44N4O5S/c1-29(2,3)39-28(36)32-18-11-6-12-19-33-40(37,38)22-21-34-20-17-26(23-34)30(27(31)35,24-13-7-4-8-14-24)25-15-9-5-10-16-25/h4-5,7-10,13-16,26,33H,6,11-12,17-23H2,1-3H3,(H2,31,35)(H,32,36)/t26-/m1/s1. The fourth-order valence-electron chi connectivity index (χ4n) is 5.40. The highest BCUT2D eigenvalue weighted by atomic mass is 32.2. The lowest BCUT2D eigenvalue weighted by atomic mass is 9.64. The van der Waals surface area contributed by atoms with Gasteiger partial charge in [0.15, 0.2) is 0 Å². The third kappa shape index (κ3) is 8.78. The van der Waals surface area contributed by atoms with Gasteiger partial charge in [0.1, 0.15) is 11.0 Å². The molecule has 1 atom stereocenters. The predicted molar refractivity (Wildman–Crippen MR) is 157 cm³/mol. The first-order valence-electron chi connectivity index (χ1n) is 14.0. The molecule has 0 aromatic heterocycles. The molecule has 1 aliphatic heterocycles. The Morgan fingerprint density at radius 2 is 1.52 bits per heavy atom. The number of nitrogens with one attached hydrogen (secondary N) is 2. The van der Waals surface area contributed by atoms with Crippen LogP contribution in [0.3, 0.4) is 0 Å². The van der Waals surface area contributed by atoms with E-state index in [0.717, 1.165) is 30.4 Å². The van der Waals surface area contributed by atoms with Gasteiger partial charge < -0.3 is 20.7 Å². The molecule has 2 aromatic rings. The number of likely N-dealkylation sites (tertiary alicyclic amines) is 1. The van der Waals surface area contributed by atoms with Gasteiger partial charge in [0, 0.05) is 26.2 Å². The molecular formula is C30H44N4O5S. The minimum Gasteiger partial charge on any atom is -0.444 e. The van der Waals surface area contributed by atoms with Gasteiger partial charge in [-0.15, -0.1) is 0 Å². The van der Waals surface area contributed by atoms with E-state index in [9.17, 15) is 18.0 Å². The second-order valence-corrected chi connectivity index (χ2v) is 13.3. The van der Waals surface area contributed by atoms with Gasteiger partial charge in [-0.05, 0) is 63.6 Å². The lowest BCUT2D eigenvalue weighted by Gasteiger charge is -2.37. The fourth-order valence-corrected chi connectivity index (χ4v) is 6.49. The molecule has 10 heteroatoms. The van der Waals surface area contributed by atoms with Gasteiger partial charge in [-0.1, -0.05) is 67.1 Å². The van der Waals surface area contributed by atoms with Crippen LogP contribution in [-0.4, -0.2) is 69.4 Å². The van der Waals surface area contributed by atoms with Gasteiger partial charge in [0.2, 0.25) is 15.9 Å². The topological polar surface area (TPSA) is 131 Å². The number of carbonyl (C=O) groups is 2. The van der Waals surface area contributed by atoms with Crippen molar-refractivity contribution >= 4 is 22.0 Å². The van der Waals surface area contributed by atoms with E-state index >= 15 is 0 Å². The number of amides is 2. The summed E-state index contributed by atoms with van der Waals surface area (Å²) in [7, 11) is -3.44. The molecule has 0 saturated carbocycles. The van der Waals surface area contributed by atoms with E-state index in [0.29, 0.717) is 39.1 Å². The molecule has 0 aliphatic carbocycles. The van der Waals surface area contributed by atoms with E-state index in [4.69, 9.17) is 10.5 Å². The number of sulfonamides is 1. The number of carbonyl (C=O) groups excluding carboxylic acids is 2. The Hall–Kier alpha value is -2.95. The van der Waals surface area contributed by atoms with Gasteiger partial charge >= 0.3 is 6.09 Å². The first-order chi connectivity index (χ1) is 18.9. The van der Waals surface area contributed by atoms with Crippen molar-refractivity contribution in [1.29, 1.82) is 0 Å². The van der Waals surface area contributed by atoms with Crippen molar-refractivity contribution in [3.8, 4) is 0 Å². The Morgan fingerprint density at radius 3 is 2.08 bits per heavy atom. The fraction of sp³-hybridized carbons (Fsp3) is 0.533. The molecule has 2 amide bonds. The zero-order valence-corrected chi connectivity index (χ0v) is 24.7. The number of alkyl carbamates (subject to hydrolysis) is 1. The largest absolute Gasteiger partial charge is 0.444 e. The summed E-state index contributed by atoms with van der Waals surface area (Å²) < 4.78 is 33.2. The Kier molecular flexibility index (Phi) is 11.1. The van der Waals surface area contributed by atoms with Crippen LogP contribution < -0.4 is 15.8 Å². The van der Waals surface area contributed by atoms with Crippen LogP contribution in [-0.2, 0) is 25.0 Å². The Labute approximate surface area is 238 Å². The van der Waals surface area contributed by atoms with E-state index in [1.165, 1.54) is 0 Å². The molecule has 3 rings (SSSR count). The van der Waals surface area contributed by atoms with Crippen molar-refractivity contribution in [3.63, 3.8) is 0 Å². The average Bonchev–Trinajstić information content (AvgIpc) is 3.37. The molecule has 1 saturated heterocycles. The van der Waals surface area contributed by atoms with Crippen molar-refractivity contribution < 1.29 is 22.7 Å². The summed E-state index contributed by atoms with van der Waals surface area (Å²) in [6.07, 6.45) is 2.48. The molecular weight excluding hydrogens is 528 g/mol.